The number of hydrogen-bond donors (Lipinski definition) is 1. The van der Waals surface area contributed by atoms with Gasteiger partial charge in [-0.1, -0.05) is 23.8 Å². The van der Waals surface area contributed by atoms with Crippen LogP contribution in [-0.4, -0.2) is 25.2 Å². The molecule has 0 unspecified atom stereocenters. The van der Waals surface area contributed by atoms with E-state index >= 15 is 0 Å². The fourth-order valence-electron chi connectivity index (χ4n) is 3.38. The molecule has 0 spiro atoms. The van der Waals surface area contributed by atoms with E-state index in [0.29, 0.717) is 27.8 Å². The van der Waals surface area contributed by atoms with E-state index < -0.39 is 12.2 Å². The van der Waals surface area contributed by atoms with Crippen LogP contribution in [0.4, 0.5) is 5.13 Å². The number of nitrogens with zero attached hydrogens (tertiary/aromatic N) is 1. The Labute approximate surface area is 167 Å². The summed E-state index contributed by atoms with van der Waals surface area (Å²) in [4.78, 5) is 17.1. The second-order valence-electron chi connectivity index (χ2n) is 6.55. The third-order valence-corrected chi connectivity index (χ3v) is 5.48. The summed E-state index contributed by atoms with van der Waals surface area (Å²) in [5.41, 5.74) is 5.45. The van der Waals surface area contributed by atoms with Crippen molar-refractivity contribution in [2.45, 2.75) is 20.1 Å². The van der Waals surface area contributed by atoms with Gasteiger partial charge in [0.2, 0.25) is 6.23 Å². The Hall–Kier alpha value is -3.06. The largest absolute Gasteiger partial charge is 0.493 e. The Bertz CT molecular complexity index is 1060. The van der Waals surface area contributed by atoms with Crippen molar-refractivity contribution in [2.24, 2.45) is 0 Å². The molecular formula is C21H20N2O4S. The Morgan fingerprint density at radius 2 is 1.96 bits per heavy atom. The summed E-state index contributed by atoms with van der Waals surface area (Å²) >= 11 is 1.47. The van der Waals surface area contributed by atoms with Crippen LogP contribution in [0.1, 0.15) is 33.3 Å². The van der Waals surface area contributed by atoms with Gasteiger partial charge in [0.15, 0.2) is 16.6 Å². The van der Waals surface area contributed by atoms with Crippen LogP contribution in [-0.2, 0) is 4.74 Å². The van der Waals surface area contributed by atoms with Gasteiger partial charge in [-0.2, -0.15) is 0 Å². The maximum Gasteiger partial charge on any atom is 0.344 e. The van der Waals surface area contributed by atoms with Gasteiger partial charge in [-0.15, -0.1) is 11.3 Å². The summed E-state index contributed by atoms with van der Waals surface area (Å²) < 4.78 is 16.2. The van der Waals surface area contributed by atoms with Crippen molar-refractivity contribution >= 4 is 22.4 Å². The molecule has 0 bridgehead atoms. The van der Waals surface area contributed by atoms with Gasteiger partial charge >= 0.3 is 5.97 Å². The zero-order chi connectivity index (χ0) is 19.8. The number of carbonyl (C=O) groups excluding carboxylic acids is 1. The van der Waals surface area contributed by atoms with Crippen LogP contribution in [0.2, 0.25) is 0 Å². The Balaban J connectivity index is 1.62. The van der Waals surface area contributed by atoms with Crippen molar-refractivity contribution < 1.29 is 19.0 Å². The van der Waals surface area contributed by atoms with Crippen molar-refractivity contribution in [3.63, 3.8) is 0 Å². The van der Waals surface area contributed by atoms with Crippen molar-refractivity contribution in [1.82, 2.24) is 4.98 Å². The molecule has 0 aliphatic carbocycles. The first-order valence-corrected chi connectivity index (χ1v) is 9.65. The predicted molar refractivity (Wildman–Crippen MR) is 108 cm³/mol. The molecule has 144 valence electrons. The van der Waals surface area contributed by atoms with Crippen LogP contribution in [0, 0.1) is 13.8 Å². The molecule has 1 aliphatic rings. The van der Waals surface area contributed by atoms with Gasteiger partial charge in [0.1, 0.15) is 5.56 Å². The number of hydrogen-bond acceptors (Lipinski definition) is 7. The first-order valence-electron chi connectivity index (χ1n) is 8.77. The lowest BCUT2D eigenvalue weighted by Crippen LogP contribution is -2.10. The van der Waals surface area contributed by atoms with Gasteiger partial charge in [0, 0.05) is 16.5 Å². The number of nitrogens with one attached hydrogen (secondary N) is 1. The van der Waals surface area contributed by atoms with Crippen molar-refractivity contribution in [3.05, 3.63) is 58.0 Å². The van der Waals surface area contributed by atoms with Crippen molar-refractivity contribution in [1.29, 1.82) is 0 Å². The van der Waals surface area contributed by atoms with Crippen molar-refractivity contribution in [2.75, 3.05) is 19.5 Å². The van der Waals surface area contributed by atoms with E-state index in [4.69, 9.17) is 14.2 Å². The number of aromatic nitrogens is 1. The molecule has 1 N–H and O–H groups in total. The summed E-state index contributed by atoms with van der Waals surface area (Å²) in [5.74, 6) is 0.420. The van der Waals surface area contributed by atoms with Gasteiger partial charge in [0.25, 0.3) is 0 Å². The minimum Gasteiger partial charge on any atom is -0.493 e. The van der Waals surface area contributed by atoms with E-state index in [-0.39, 0.29) is 0 Å². The minimum atomic E-state index is -0.625. The Kier molecular flexibility index (Phi) is 4.68. The van der Waals surface area contributed by atoms with E-state index in [9.17, 15) is 4.79 Å². The molecule has 0 amide bonds. The second kappa shape index (κ2) is 7.16. The van der Waals surface area contributed by atoms with Crippen LogP contribution in [0.15, 0.2) is 35.7 Å². The van der Waals surface area contributed by atoms with Gasteiger partial charge in [-0.25, -0.2) is 9.78 Å². The van der Waals surface area contributed by atoms with Crippen LogP contribution in [0.3, 0.4) is 0 Å². The quantitative estimate of drug-likeness (QED) is 0.629. The van der Waals surface area contributed by atoms with Gasteiger partial charge in [0.05, 0.1) is 19.9 Å². The average molecular weight is 396 g/mol. The number of benzene rings is 2. The van der Waals surface area contributed by atoms with Crippen LogP contribution < -0.4 is 14.8 Å². The highest BCUT2D eigenvalue weighted by atomic mass is 32.1. The third-order valence-electron chi connectivity index (χ3n) is 4.71. The highest BCUT2D eigenvalue weighted by molar-refractivity contribution is 7.14. The number of anilines is 1. The maximum absolute atomic E-state index is 12.4. The summed E-state index contributed by atoms with van der Waals surface area (Å²) in [5, 5.41) is 5.87. The lowest BCUT2D eigenvalue weighted by molar-refractivity contribution is 0.0435. The van der Waals surface area contributed by atoms with E-state index in [1.54, 1.807) is 12.1 Å². The lowest BCUT2D eigenvalue weighted by atomic mass is 10.0. The van der Waals surface area contributed by atoms with E-state index in [0.717, 1.165) is 11.3 Å². The molecule has 0 saturated heterocycles. The molecule has 28 heavy (non-hydrogen) atoms. The fourth-order valence-corrected chi connectivity index (χ4v) is 4.11. The molecule has 1 aliphatic heterocycles. The Morgan fingerprint density at radius 1 is 1.14 bits per heavy atom. The summed E-state index contributed by atoms with van der Waals surface area (Å²) in [6, 6.07) is 9.85. The number of rotatable bonds is 5. The summed E-state index contributed by atoms with van der Waals surface area (Å²) in [7, 11) is 3.04. The standard InChI is InChI=1S/C21H20N2O4S/c1-11-5-6-13(12(2)9-11)15-10-28-21(22-15)23-19-14-7-8-16(25-3)18(26-4)17(14)20(24)27-19/h5-10,19H,1-4H3,(H,22,23)/t19-/m0/s1. The molecule has 2 heterocycles. The number of ether oxygens (including phenoxy) is 3. The highest BCUT2D eigenvalue weighted by Gasteiger charge is 2.36. The molecule has 1 atom stereocenters. The number of aryl methyl sites for hydroxylation is 2. The van der Waals surface area contributed by atoms with Crippen LogP contribution in [0.5, 0.6) is 11.5 Å². The van der Waals surface area contributed by atoms with Crippen LogP contribution >= 0.6 is 11.3 Å². The normalized spacial score (nSPS) is 15.1. The molecule has 2 aromatic carbocycles. The molecule has 0 fully saturated rings. The average Bonchev–Trinajstić information content (AvgIpc) is 3.26. The predicted octanol–water partition coefficient (Wildman–Crippen LogP) is 4.73. The van der Waals surface area contributed by atoms with Crippen LogP contribution in [0.25, 0.3) is 11.3 Å². The summed E-state index contributed by atoms with van der Waals surface area (Å²) in [6.45, 7) is 4.14. The molecule has 6 nitrogen and oxygen atoms in total. The number of thiazole rings is 1. The first kappa shape index (κ1) is 18.3. The zero-order valence-electron chi connectivity index (χ0n) is 16.0. The number of esters is 1. The molecule has 1 aromatic heterocycles. The van der Waals surface area contributed by atoms with E-state index in [1.807, 2.05) is 5.38 Å². The molecule has 3 aromatic rings. The number of methoxy groups -OCH3 is 2. The second-order valence-corrected chi connectivity index (χ2v) is 7.41. The topological polar surface area (TPSA) is 69.7 Å². The monoisotopic (exact) mass is 396 g/mol. The minimum absolute atomic E-state index is 0.379. The van der Waals surface area contributed by atoms with Gasteiger partial charge in [-0.3, -0.25) is 0 Å². The fraction of sp³-hybridized carbons (Fsp3) is 0.238. The number of fused-ring (bicyclic) bond motifs is 1. The van der Waals surface area contributed by atoms with Crippen molar-refractivity contribution in [3.8, 4) is 22.8 Å². The SMILES string of the molecule is COc1ccc2c(c1OC)C(=O)O[C@@H]2Nc1nc(-c2ccc(C)cc2C)cs1. The van der Waals surface area contributed by atoms with Gasteiger partial charge < -0.3 is 19.5 Å². The van der Waals surface area contributed by atoms with E-state index in [2.05, 4.69) is 42.3 Å². The lowest BCUT2D eigenvalue weighted by Gasteiger charge is -2.13. The van der Waals surface area contributed by atoms with E-state index in [1.165, 1.54) is 36.7 Å². The zero-order valence-corrected chi connectivity index (χ0v) is 16.8. The first-order chi connectivity index (χ1) is 13.5. The number of carbonyl (C=O) groups is 1. The third kappa shape index (κ3) is 3.07. The number of cyclic esters (lactones) is 1. The smallest absolute Gasteiger partial charge is 0.344 e. The molecular weight excluding hydrogens is 376 g/mol. The highest BCUT2D eigenvalue weighted by Crippen LogP contribution is 2.42. The Morgan fingerprint density at radius 3 is 2.68 bits per heavy atom. The maximum atomic E-state index is 12.4. The van der Waals surface area contributed by atoms with Gasteiger partial charge in [-0.05, 0) is 31.5 Å². The summed E-state index contributed by atoms with van der Waals surface area (Å²) in [6.07, 6.45) is -0.625. The molecule has 0 radical (unpaired) electrons. The molecule has 0 saturated carbocycles. The molecule has 7 heteroatoms. The molecule has 4 rings (SSSR count).